The third-order valence-corrected chi connectivity index (χ3v) is 8.76. The molecule has 2 aromatic carbocycles. The standard InChI is InChI=1S/C32H44F3N5O/c33-32(34,35)28-8-7-9-30(23-28)39-20-18-38(19-21-39)16-4-1-3-10-31(41)40-24-26-11-12-29(22-27(26)25-40)36-13-17-37-14-5-2-6-15-37/h7-9,11-12,22-23,36H,1-6,10,13-21,24-25H2. The number of hydrogen-bond acceptors (Lipinski definition) is 5. The lowest BCUT2D eigenvalue weighted by Crippen LogP contribution is -2.46. The van der Waals surface area contributed by atoms with Crippen LogP contribution >= 0.6 is 0 Å². The van der Waals surface area contributed by atoms with Gasteiger partial charge in [0.2, 0.25) is 5.91 Å². The molecule has 0 bridgehead atoms. The first-order valence-corrected chi connectivity index (χ1v) is 15.4. The van der Waals surface area contributed by atoms with Crippen LogP contribution < -0.4 is 10.2 Å². The maximum absolute atomic E-state index is 13.0. The molecule has 6 nitrogen and oxygen atoms in total. The minimum atomic E-state index is -4.31. The van der Waals surface area contributed by atoms with Crippen LogP contribution in [0, 0.1) is 0 Å². The number of benzene rings is 2. The topological polar surface area (TPSA) is 42.1 Å². The lowest BCUT2D eigenvalue weighted by molar-refractivity contribution is -0.137. The van der Waals surface area contributed by atoms with E-state index in [-0.39, 0.29) is 5.91 Å². The minimum Gasteiger partial charge on any atom is -0.384 e. The van der Waals surface area contributed by atoms with E-state index in [0.717, 1.165) is 76.8 Å². The first kappa shape index (κ1) is 29.7. The van der Waals surface area contributed by atoms with Crippen molar-refractivity contribution in [2.75, 3.05) is 69.1 Å². The molecular weight excluding hydrogens is 527 g/mol. The number of nitrogens with zero attached hydrogens (tertiary/aromatic N) is 4. The molecule has 41 heavy (non-hydrogen) atoms. The van der Waals surface area contributed by atoms with Crippen molar-refractivity contribution in [3.8, 4) is 0 Å². The Bertz CT molecular complexity index is 1140. The van der Waals surface area contributed by atoms with E-state index in [2.05, 4.69) is 33.3 Å². The highest BCUT2D eigenvalue weighted by molar-refractivity contribution is 5.77. The zero-order valence-electron chi connectivity index (χ0n) is 24.1. The first-order valence-electron chi connectivity index (χ1n) is 15.4. The van der Waals surface area contributed by atoms with E-state index < -0.39 is 11.7 Å². The highest BCUT2D eigenvalue weighted by atomic mass is 19.4. The van der Waals surface area contributed by atoms with Crippen molar-refractivity contribution in [3.05, 3.63) is 59.2 Å². The van der Waals surface area contributed by atoms with Gasteiger partial charge in [0.05, 0.1) is 5.56 Å². The summed E-state index contributed by atoms with van der Waals surface area (Å²) < 4.78 is 39.1. The zero-order chi connectivity index (χ0) is 28.7. The summed E-state index contributed by atoms with van der Waals surface area (Å²) in [7, 11) is 0. The maximum Gasteiger partial charge on any atom is 0.416 e. The molecule has 0 saturated carbocycles. The molecule has 0 aliphatic carbocycles. The van der Waals surface area contributed by atoms with Crippen molar-refractivity contribution in [3.63, 3.8) is 0 Å². The molecule has 2 saturated heterocycles. The van der Waals surface area contributed by atoms with Crippen LogP contribution in [0.3, 0.4) is 0 Å². The maximum atomic E-state index is 13.0. The number of nitrogens with one attached hydrogen (secondary N) is 1. The fourth-order valence-corrected chi connectivity index (χ4v) is 6.28. The van der Waals surface area contributed by atoms with Gasteiger partial charge in [0.15, 0.2) is 0 Å². The van der Waals surface area contributed by atoms with Gasteiger partial charge in [-0.2, -0.15) is 13.2 Å². The molecule has 5 rings (SSSR count). The average Bonchev–Trinajstić information content (AvgIpc) is 3.41. The second kappa shape index (κ2) is 13.9. The predicted molar refractivity (Wildman–Crippen MR) is 158 cm³/mol. The Hall–Kier alpha value is -2.78. The molecule has 9 heteroatoms. The molecule has 2 fully saturated rings. The number of carbonyl (C=O) groups is 1. The Balaban J connectivity index is 0.952. The van der Waals surface area contributed by atoms with Gasteiger partial charge < -0.3 is 20.0 Å². The van der Waals surface area contributed by atoms with Crippen LogP contribution in [0.2, 0.25) is 0 Å². The number of unbranched alkanes of at least 4 members (excludes halogenated alkanes) is 2. The molecule has 3 aliphatic heterocycles. The van der Waals surface area contributed by atoms with E-state index in [1.54, 1.807) is 6.07 Å². The van der Waals surface area contributed by atoms with Gasteiger partial charge in [-0.05, 0) is 86.8 Å². The number of rotatable bonds is 11. The molecule has 224 valence electrons. The highest BCUT2D eigenvalue weighted by Crippen LogP contribution is 2.32. The molecule has 0 unspecified atom stereocenters. The molecule has 3 heterocycles. The number of piperidine rings is 1. The van der Waals surface area contributed by atoms with Gasteiger partial charge in [0.1, 0.15) is 0 Å². The number of likely N-dealkylation sites (tertiary alicyclic amines) is 1. The number of piperazine rings is 1. The number of anilines is 2. The van der Waals surface area contributed by atoms with Crippen molar-refractivity contribution < 1.29 is 18.0 Å². The second-order valence-electron chi connectivity index (χ2n) is 11.7. The lowest BCUT2D eigenvalue weighted by atomic mass is 10.1. The van der Waals surface area contributed by atoms with Crippen LogP contribution in [0.25, 0.3) is 0 Å². The van der Waals surface area contributed by atoms with Gasteiger partial charge in [0.25, 0.3) is 0 Å². The molecule has 3 aliphatic rings. The van der Waals surface area contributed by atoms with E-state index in [4.69, 9.17) is 0 Å². The fourth-order valence-electron chi connectivity index (χ4n) is 6.28. The summed E-state index contributed by atoms with van der Waals surface area (Å²) in [5, 5.41) is 3.57. The smallest absolute Gasteiger partial charge is 0.384 e. The third-order valence-electron chi connectivity index (χ3n) is 8.76. The largest absolute Gasteiger partial charge is 0.416 e. The summed E-state index contributed by atoms with van der Waals surface area (Å²) in [6, 6.07) is 12.1. The van der Waals surface area contributed by atoms with E-state index in [1.807, 2.05) is 9.80 Å². The summed E-state index contributed by atoms with van der Waals surface area (Å²) in [5.74, 6) is 0.232. The van der Waals surface area contributed by atoms with Gasteiger partial charge in [-0.15, -0.1) is 0 Å². The van der Waals surface area contributed by atoms with Gasteiger partial charge in [-0.25, -0.2) is 0 Å². The Labute approximate surface area is 242 Å². The van der Waals surface area contributed by atoms with Gasteiger partial charge >= 0.3 is 6.18 Å². The summed E-state index contributed by atoms with van der Waals surface area (Å²) in [5.41, 5.74) is 3.70. The Kier molecular flexibility index (Phi) is 10.1. The summed E-state index contributed by atoms with van der Waals surface area (Å²) in [6.07, 6.45) is 3.18. The minimum absolute atomic E-state index is 0.232. The SMILES string of the molecule is O=C(CCCCCN1CCN(c2cccc(C(F)(F)F)c2)CC1)N1Cc2ccc(NCCN3CCCCC3)cc2C1. The monoisotopic (exact) mass is 571 g/mol. The number of amides is 1. The van der Waals surface area contributed by atoms with E-state index in [9.17, 15) is 18.0 Å². The van der Waals surface area contributed by atoms with Crippen molar-refractivity contribution in [1.29, 1.82) is 0 Å². The number of carbonyl (C=O) groups excluding carboxylic acids is 1. The summed E-state index contributed by atoms with van der Waals surface area (Å²) in [6.45, 7) is 9.98. The molecule has 0 radical (unpaired) electrons. The lowest BCUT2D eigenvalue weighted by Gasteiger charge is -2.36. The molecular formula is C32H44F3N5O. The first-order chi connectivity index (χ1) is 19.8. The van der Waals surface area contributed by atoms with Crippen LogP contribution in [0.1, 0.15) is 61.6 Å². The average molecular weight is 572 g/mol. The number of hydrogen-bond donors (Lipinski definition) is 1. The van der Waals surface area contributed by atoms with Gasteiger partial charge in [0, 0.05) is 70.2 Å². The quantitative estimate of drug-likeness (QED) is 0.344. The van der Waals surface area contributed by atoms with E-state index in [0.29, 0.717) is 25.2 Å². The van der Waals surface area contributed by atoms with Crippen LogP contribution in [-0.2, 0) is 24.1 Å². The Morgan fingerprint density at radius 1 is 0.780 bits per heavy atom. The zero-order valence-corrected chi connectivity index (χ0v) is 24.1. The normalized spacial score (nSPS) is 18.5. The number of alkyl halides is 3. The Morgan fingerprint density at radius 2 is 1.54 bits per heavy atom. The van der Waals surface area contributed by atoms with E-state index in [1.165, 1.54) is 55.6 Å². The van der Waals surface area contributed by atoms with Crippen LogP contribution in [0.5, 0.6) is 0 Å². The predicted octanol–water partition coefficient (Wildman–Crippen LogP) is 5.83. The van der Waals surface area contributed by atoms with Crippen LogP contribution in [0.4, 0.5) is 24.5 Å². The van der Waals surface area contributed by atoms with E-state index >= 15 is 0 Å². The molecule has 0 spiro atoms. The molecule has 0 aromatic heterocycles. The molecule has 1 N–H and O–H groups in total. The highest BCUT2D eigenvalue weighted by Gasteiger charge is 2.31. The summed E-state index contributed by atoms with van der Waals surface area (Å²) in [4.78, 5) is 21.8. The van der Waals surface area contributed by atoms with Crippen LogP contribution in [0.15, 0.2) is 42.5 Å². The third kappa shape index (κ3) is 8.38. The second-order valence-corrected chi connectivity index (χ2v) is 11.7. The Morgan fingerprint density at radius 3 is 2.32 bits per heavy atom. The van der Waals surface area contributed by atoms with Crippen LogP contribution in [-0.4, -0.2) is 79.5 Å². The van der Waals surface area contributed by atoms with Gasteiger partial charge in [-0.3, -0.25) is 9.69 Å². The molecule has 2 aromatic rings. The number of halogens is 3. The van der Waals surface area contributed by atoms with Crippen molar-refractivity contribution in [2.45, 2.75) is 64.2 Å². The number of fused-ring (bicyclic) bond motifs is 1. The summed E-state index contributed by atoms with van der Waals surface area (Å²) >= 11 is 0. The van der Waals surface area contributed by atoms with Crippen molar-refractivity contribution in [1.82, 2.24) is 14.7 Å². The van der Waals surface area contributed by atoms with Crippen molar-refractivity contribution in [2.24, 2.45) is 0 Å². The molecule has 1 amide bonds. The van der Waals surface area contributed by atoms with Gasteiger partial charge in [-0.1, -0.05) is 25.0 Å². The fraction of sp³-hybridized carbons (Fsp3) is 0.594. The molecule has 0 atom stereocenters. The van der Waals surface area contributed by atoms with Crippen molar-refractivity contribution >= 4 is 17.3 Å².